The van der Waals surface area contributed by atoms with Gasteiger partial charge in [-0.3, -0.25) is 4.79 Å². The summed E-state index contributed by atoms with van der Waals surface area (Å²) in [5, 5.41) is 8.95. The van der Waals surface area contributed by atoms with Gasteiger partial charge >= 0.3 is 5.97 Å². The van der Waals surface area contributed by atoms with Crippen molar-refractivity contribution in [2.24, 2.45) is 0 Å². The van der Waals surface area contributed by atoms with E-state index in [-0.39, 0.29) is 11.6 Å². The van der Waals surface area contributed by atoms with E-state index in [2.05, 4.69) is 11.6 Å². The number of hydrogen-bond acceptors (Lipinski definition) is 2. The lowest BCUT2D eigenvalue weighted by molar-refractivity contribution is 0.0690. The van der Waals surface area contributed by atoms with Gasteiger partial charge in [-0.15, -0.1) is 6.58 Å². The molecule has 0 bridgehead atoms. The van der Waals surface area contributed by atoms with Crippen molar-refractivity contribution in [2.45, 2.75) is 13.8 Å². The van der Waals surface area contributed by atoms with E-state index in [4.69, 9.17) is 5.11 Å². The number of nitrogens with zero attached hydrogens (tertiary/aromatic N) is 1. The third-order valence-corrected chi connectivity index (χ3v) is 2.61. The number of aromatic nitrogens is 1. The molecule has 0 saturated carbocycles. The number of carboxylic acid groups (broad SMARTS) is 1. The highest BCUT2D eigenvalue weighted by Gasteiger charge is 2.23. The van der Waals surface area contributed by atoms with Crippen LogP contribution in [0.2, 0.25) is 0 Å². The average Bonchev–Trinajstić information content (AvgIpc) is 2.54. The van der Waals surface area contributed by atoms with E-state index in [9.17, 15) is 9.59 Å². The molecule has 17 heavy (non-hydrogen) atoms. The molecule has 0 atom stereocenters. The van der Waals surface area contributed by atoms with Crippen LogP contribution in [0.5, 0.6) is 0 Å². The summed E-state index contributed by atoms with van der Waals surface area (Å²) in [7, 11) is 1.65. The zero-order valence-corrected chi connectivity index (χ0v) is 10.2. The molecule has 1 amide bonds. The molecule has 0 aliphatic carbocycles. The highest BCUT2D eigenvalue weighted by molar-refractivity contribution is 6.00. The van der Waals surface area contributed by atoms with Crippen LogP contribution in [0.25, 0.3) is 0 Å². The van der Waals surface area contributed by atoms with Crippen LogP contribution in [0.1, 0.15) is 32.1 Å². The molecule has 5 nitrogen and oxygen atoms in total. The summed E-state index contributed by atoms with van der Waals surface area (Å²) in [6, 6.07) is 0. The molecule has 0 saturated heterocycles. The Morgan fingerprint density at radius 1 is 1.47 bits per heavy atom. The lowest BCUT2D eigenvalue weighted by Gasteiger charge is -2.15. The van der Waals surface area contributed by atoms with Crippen molar-refractivity contribution in [1.82, 2.24) is 9.88 Å². The molecule has 92 valence electrons. The van der Waals surface area contributed by atoms with Crippen LogP contribution in [-0.4, -0.2) is 40.5 Å². The second-order valence-electron chi connectivity index (χ2n) is 3.90. The maximum Gasteiger partial charge on any atom is 0.352 e. The normalized spacial score (nSPS) is 10.1. The molecule has 1 heterocycles. The number of rotatable bonds is 4. The number of carbonyl (C=O) groups is 2. The van der Waals surface area contributed by atoms with E-state index in [1.165, 1.54) is 4.90 Å². The zero-order valence-electron chi connectivity index (χ0n) is 10.2. The molecule has 0 aromatic carbocycles. The number of carbonyl (C=O) groups excluding carboxylic acids is 1. The molecular formula is C12H16N2O3. The van der Waals surface area contributed by atoms with Crippen LogP contribution in [0.15, 0.2) is 12.7 Å². The molecule has 0 aliphatic heterocycles. The number of nitrogens with one attached hydrogen (secondary N) is 1. The van der Waals surface area contributed by atoms with Crippen molar-refractivity contribution < 1.29 is 14.7 Å². The molecule has 0 spiro atoms. The summed E-state index contributed by atoms with van der Waals surface area (Å²) in [4.78, 5) is 27.2. The van der Waals surface area contributed by atoms with Crippen molar-refractivity contribution in [3.63, 3.8) is 0 Å². The smallest absolute Gasteiger partial charge is 0.352 e. The monoisotopic (exact) mass is 236 g/mol. The predicted molar refractivity (Wildman–Crippen MR) is 64.4 cm³/mol. The maximum atomic E-state index is 12.1. The minimum absolute atomic E-state index is 0.0675. The first-order valence-corrected chi connectivity index (χ1v) is 5.19. The number of hydrogen-bond donors (Lipinski definition) is 2. The molecule has 0 aliphatic rings. The Kier molecular flexibility index (Phi) is 3.73. The summed E-state index contributed by atoms with van der Waals surface area (Å²) in [6.45, 7) is 7.30. The largest absolute Gasteiger partial charge is 0.477 e. The van der Waals surface area contributed by atoms with Crippen LogP contribution in [0.4, 0.5) is 0 Å². The topological polar surface area (TPSA) is 73.4 Å². The first-order valence-electron chi connectivity index (χ1n) is 5.19. The summed E-state index contributed by atoms with van der Waals surface area (Å²) >= 11 is 0. The van der Waals surface area contributed by atoms with E-state index >= 15 is 0 Å². The van der Waals surface area contributed by atoms with Crippen LogP contribution in [0.3, 0.4) is 0 Å². The van der Waals surface area contributed by atoms with E-state index < -0.39 is 5.97 Å². The number of carboxylic acids is 1. The van der Waals surface area contributed by atoms with E-state index in [1.807, 2.05) is 0 Å². The van der Waals surface area contributed by atoms with Crippen LogP contribution in [0, 0.1) is 13.8 Å². The Balaban J connectivity index is 3.18. The lowest BCUT2D eigenvalue weighted by Crippen LogP contribution is -2.27. The third kappa shape index (κ3) is 2.38. The van der Waals surface area contributed by atoms with Gasteiger partial charge in [0.15, 0.2) is 0 Å². The molecule has 1 rings (SSSR count). The molecule has 5 heteroatoms. The number of amides is 1. The van der Waals surface area contributed by atoms with Crippen LogP contribution >= 0.6 is 0 Å². The average molecular weight is 236 g/mol. The summed E-state index contributed by atoms with van der Waals surface area (Å²) in [6.07, 6.45) is 1.62. The van der Waals surface area contributed by atoms with Gasteiger partial charge in [0.1, 0.15) is 5.69 Å². The van der Waals surface area contributed by atoms with Crippen molar-refractivity contribution in [2.75, 3.05) is 13.6 Å². The second kappa shape index (κ2) is 4.86. The lowest BCUT2D eigenvalue weighted by atomic mass is 10.1. The summed E-state index contributed by atoms with van der Waals surface area (Å²) in [5.41, 5.74) is 1.53. The van der Waals surface area contributed by atoms with E-state index in [1.54, 1.807) is 27.0 Å². The number of likely N-dealkylation sites (N-methyl/N-ethyl adjacent to an activating group) is 1. The quantitative estimate of drug-likeness (QED) is 0.779. The van der Waals surface area contributed by atoms with Crippen molar-refractivity contribution in [3.8, 4) is 0 Å². The second-order valence-corrected chi connectivity index (χ2v) is 3.90. The van der Waals surface area contributed by atoms with Crippen molar-refractivity contribution in [1.29, 1.82) is 0 Å². The predicted octanol–water partition coefficient (Wildman–Crippen LogP) is 1.59. The number of aryl methyl sites for hydroxylation is 1. The van der Waals surface area contributed by atoms with Gasteiger partial charge in [-0.25, -0.2) is 4.79 Å². The Morgan fingerprint density at radius 2 is 2.06 bits per heavy atom. The van der Waals surface area contributed by atoms with Gasteiger partial charge in [-0.2, -0.15) is 0 Å². The maximum absolute atomic E-state index is 12.1. The van der Waals surface area contributed by atoms with Crippen LogP contribution < -0.4 is 0 Å². The van der Waals surface area contributed by atoms with Gasteiger partial charge in [0, 0.05) is 19.3 Å². The number of H-pyrrole nitrogens is 1. The van der Waals surface area contributed by atoms with Gasteiger partial charge in [0.2, 0.25) is 0 Å². The highest BCUT2D eigenvalue weighted by Crippen LogP contribution is 2.19. The number of aromatic carboxylic acids is 1. The van der Waals surface area contributed by atoms with Crippen LogP contribution in [-0.2, 0) is 0 Å². The fourth-order valence-corrected chi connectivity index (χ4v) is 1.75. The summed E-state index contributed by atoms with van der Waals surface area (Å²) < 4.78 is 0. The molecule has 0 radical (unpaired) electrons. The first-order chi connectivity index (χ1) is 7.90. The standard InChI is InChI=1S/C12H16N2O3/c1-5-6-14(4)11(15)9-7(2)10(12(16)17)13-8(9)3/h5,13H,1,6H2,2-4H3,(H,16,17). The zero-order chi connectivity index (χ0) is 13.2. The van der Waals surface area contributed by atoms with Gasteiger partial charge < -0.3 is 15.0 Å². The van der Waals surface area contributed by atoms with Gasteiger partial charge in [-0.05, 0) is 19.4 Å². The van der Waals surface area contributed by atoms with Gasteiger partial charge in [0.25, 0.3) is 5.91 Å². The SMILES string of the molecule is C=CCN(C)C(=O)c1c(C)[nH]c(C(=O)O)c1C. The Morgan fingerprint density at radius 3 is 2.47 bits per heavy atom. The van der Waals surface area contributed by atoms with E-state index in [0.29, 0.717) is 23.4 Å². The van der Waals surface area contributed by atoms with E-state index in [0.717, 1.165) is 0 Å². The molecule has 0 fully saturated rings. The fourth-order valence-electron chi connectivity index (χ4n) is 1.75. The van der Waals surface area contributed by atoms with Crippen molar-refractivity contribution >= 4 is 11.9 Å². The Bertz CT molecular complexity index is 474. The summed E-state index contributed by atoms with van der Waals surface area (Å²) in [5.74, 6) is -1.26. The van der Waals surface area contributed by atoms with Crippen molar-refractivity contribution in [3.05, 3.63) is 35.2 Å². The highest BCUT2D eigenvalue weighted by atomic mass is 16.4. The Labute approximate surface area is 99.7 Å². The van der Waals surface area contributed by atoms with Gasteiger partial charge in [-0.1, -0.05) is 6.08 Å². The third-order valence-electron chi connectivity index (χ3n) is 2.61. The minimum Gasteiger partial charge on any atom is -0.477 e. The molecule has 2 N–H and O–H groups in total. The first kappa shape index (κ1) is 13.0. The molecular weight excluding hydrogens is 220 g/mol. The molecule has 1 aromatic heterocycles. The molecule has 0 unspecified atom stereocenters. The molecule has 1 aromatic rings. The number of aromatic amines is 1. The minimum atomic E-state index is -1.06. The Hall–Kier alpha value is -2.04. The van der Waals surface area contributed by atoms with Gasteiger partial charge in [0.05, 0.1) is 5.56 Å². The fraction of sp³-hybridized carbons (Fsp3) is 0.333.